The summed E-state index contributed by atoms with van der Waals surface area (Å²) in [5.41, 5.74) is 0. The van der Waals surface area contributed by atoms with Crippen molar-refractivity contribution in [3.63, 3.8) is 0 Å². The zero-order valence-electron chi connectivity index (χ0n) is 11.4. The number of para-hydroxylation sites is 1. The van der Waals surface area contributed by atoms with Gasteiger partial charge < -0.3 is 9.47 Å². The molecular weight excluding hydrogens is 224 g/mol. The number of unbranched alkanes of at least 4 members (excludes halogenated alkanes) is 7. The fraction of sp³-hybridized carbons (Fsp3) is 0.625. The molecule has 0 spiro atoms. The largest absolute Gasteiger partial charge is 0.490 e. The molecule has 1 aliphatic heterocycles. The van der Waals surface area contributed by atoms with Gasteiger partial charge in [-0.15, -0.1) is 0 Å². The van der Waals surface area contributed by atoms with Crippen molar-refractivity contribution >= 4 is 0 Å². The van der Waals surface area contributed by atoms with Gasteiger partial charge in [0.1, 0.15) is 0 Å². The number of hydrogen-bond acceptors (Lipinski definition) is 2. The normalized spacial score (nSPS) is 11.8. The van der Waals surface area contributed by atoms with Gasteiger partial charge in [0.25, 0.3) is 0 Å². The summed E-state index contributed by atoms with van der Waals surface area (Å²) in [4.78, 5) is 0. The molecule has 1 aromatic rings. The third-order valence-corrected chi connectivity index (χ3v) is 3.37. The summed E-state index contributed by atoms with van der Waals surface area (Å²) in [6.07, 6.45) is 10.7. The maximum atomic E-state index is 5.71. The molecule has 1 aliphatic rings. The van der Waals surface area contributed by atoms with Crippen LogP contribution < -0.4 is 9.47 Å². The fourth-order valence-electron chi connectivity index (χ4n) is 2.20. The second-order valence-corrected chi connectivity index (χ2v) is 5.01. The Balaban J connectivity index is 1.44. The van der Waals surface area contributed by atoms with Crippen molar-refractivity contribution in [3.05, 3.63) is 18.2 Å². The highest BCUT2D eigenvalue weighted by atomic mass is 16.6. The van der Waals surface area contributed by atoms with Gasteiger partial charge in [0.05, 0.1) is 6.61 Å². The quantitative estimate of drug-likeness (QED) is 0.419. The minimum Gasteiger partial charge on any atom is -0.490 e. The predicted octanol–water partition coefficient (Wildman–Crippen LogP) is 5.31. The highest BCUT2D eigenvalue weighted by molar-refractivity contribution is 5.62. The molecule has 0 bridgehead atoms. The molecule has 0 amide bonds. The second-order valence-electron chi connectivity index (χ2n) is 5.01. The molecule has 0 atom stereocenters. The van der Waals surface area contributed by atoms with E-state index in [2.05, 4.69) is 6.92 Å². The number of benzene rings is 1. The van der Waals surface area contributed by atoms with E-state index >= 15 is 0 Å². The second kappa shape index (κ2) is 7.30. The minimum absolute atomic E-state index is 0.814. The van der Waals surface area contributed by atoms with Crippen molar-refractivity contribution in [2.75, 3.05) is 6.61 Å². The van der Waals surface area contributed by atoms with Crippen molar-refractivity contribution < 1.29 is 9.47 Å². The summed E-state index contributed by atoms with van der Waals surface area (Å²) in [5.74, 6) is 2.83. The van der Waals surface area contributed by atoms with Crippen LogP contribution in [0.3, 0.4) is 0 Å². The van der Waals surface area contributed by atoms with E-state index in [1.54, 1.807) is 0 Å². The molecule has 1 aromatic carbocycles. The highest BCUT2D eigenvalue weighted by Gasteiger charge is 2.24. The Morgan fingerprint density at radius 3 is 2.44 bits per heavy atom. The SMILES string of the molecule is CCCCCCCCCCOc1cccc2c1O2. The Morgan fingerprint density at radius 1 is 0.944 bits per heavy atom. The average Bonchev–Trinajstić information content (AvgIpc) is 3.17. The Morgan fingerprint density at radius 2 is 1.67 bits per heavy atom. The van der Waals surface area contributed by atoms with Gasteiger partial charge in [-0.25, -0.2) is 0 Å². The van der Waals surface area contributed by atoms with Crippen LogP contribution in [0.4, 0.5) is 0 Å². The molecule has 0 N–H and O–H groups in total. The monoisotopic (exact) mass is 248 g/mol. The van der Waals surface area contributed by atoms with Crippen LogP contribution in [0, 0.1) is 0 Å². The van der Waals surface area contributed by atoms with Crippen LogP contribution in [-0.2, 0) is 0 Å². The third kappa shape index (κ3) is 4.25. The van der Waals surface area contributed by atoms with Gasteiger partial charge in [0.2, 0.25) is 5.75 Å². The lowest BCUT2D eigenvalue weighted by atomic mass is 10.1. The van der Waals surface area contributed by atoms with E-state index in [1.165, 1.54) is 44.9 Å². The summed E-state index contributed by atoms with van der Waals surface area (Å²) in [5, 5.41) is 0. The maximum absolute atomic E-state index is 5.71. The molecule has 2 nitrogen and oxygen atoms in total. The van der Waals surface area contributed by atoms with Gasteiger partial charge in [0.15, 0.2) is 11.5 Å². The first kappa shape index (κ1) is 13.3. The Labute approximate surface area is 110 Å². The number of fused-ring (bicyclic) bond motifs is 1. The molecular formula is C16H24O2. The summed E-state index contributed by atoms with van der Waals surface area (Å²) in [6.45, 7) is 3.08. The molecule has 0 aromatic heterocycles. The number of rotatable bonds is 10. The van der Waals surface area contributed by atoms with Gasteiger partial charge in [0, 0.05) is 0 Å². The summed E-state index contributed by atoms with van der Waals surface area (Å²) >= 11 is 0. The van der Waals surface area contributed by atoms with Crippen molar-refractivity contribution in [3.8, 4) is 17.2 Å². The van der Waals surface area contributed by atoms with E-state index in [9.17, 15) is 0 Å². The van der Waals surface area contributed by atoms with Crippen molar-refractivity contribution in [2.24, 2.45) is 0 Å². The van der Waals surface area contributed by atoms with Gasteiger partial charge in [-0.3, -0.25) is 0 Å². The first-order valence-electron chi connectivity index (χ1n) is 7.35. The zero-order chi connectivity index (χ0) is 12.6. The Bertz CT molecular complexity index is 360. The lowest BCUT2D eigenvalue weighted by Gasteiger charge is -2.04. The van der Waals surface area contributed by atoms with E-state index < -0.39 is 0 Å². The molecule has 2 rings (SSSR count). The summed E-state index contributed by atoms with van der Waals surface area (Å²) in [7, 11) is 0. The van der Waals surface area contributed by atoms with Crippen LogP contribution >= 0.6 is 0 Å². The van der Waals surface area contributed by atoms with E-state index in [-0.39, 0.29) is 0 Å². The Kier molecular flexibility index (Phi) is 5.37. The van der Waals surface area contributed by atoms with Crippen LogP contribution in [0.25, 0.3) is 0 Å². The molecule has 100 valence electrons. The van der Waals surface area contributed by atoms with Crippen molar-refractivity contribution in [1.29, 1.82) is 0 Å². The third-order valence-electron chi connectivity index (χ3n) is 3.37. The maximum Gasteiger partial charge on any atom is 0.211 e. The van der Waals surface area contributed by atoms with Crippen LogP contribution in [0.5, 0.6) is 17.2 Å². The van der Waals surface area contributed by atoms with E-state index in [1.807, 2.05) is 18.2 Å². The minimum atomic E-state index is 0.814. The standard InChI is InChI=1S/C16H24O2/c1-2-3-4-5-6-7-8-9-13-17-14-11-10-12-15-16(14)18-15/h10-12H,2-9,13H2,1H3. The fourth-order valence-corrected chi connectivity index (χ4v) is 2.20. The summed E-state index contributed by atoms with van der Waals surface area (Å²) < 4.78 is 11.0. The van der Waals surface area contributed by atoms with Crippen LogP contribution in [0.15, 0.2) is 18.2 Å². The predicted molar refractivity (Wildman–Crippen MR) is 74.6 cm³/mol. The molecule has 0 unspecified atom stereocenters. The topological polar surface area (TPSA) is 21.8 Å². The summed E-state index contributed by atoms with van der Waals surface area (Å²) in [6, 6.07) is 5.93. The van der Waals surface area contributed by atoms with Crippen LogP contribution in [0.1, 0.15) is 58.3 Å². The van der Waals surface area contributed by atoms with Gasteiger partial charge >= 0.3 is 0 Å². The number of hydrogen-bond donors (Lipinski definition) is 0. The molecule has 1 heterocycles. The van der Waals surface area contributed by atoms with E-state index in [0.717, 1.165) is 30.3 Å². The molecule has 18 heavy (non-hydrogen) atoms. The molecule has 0 aliphatic carbocycles. The first-order chi connectivity index (χ1) is 8.92. The average molecular weight is 248 g/mol. The number of ether oxygens (including phenoxy) is 2. The molecule has 0 fully saturated rings. The first-order valence-corrected chi connectivity index (χ1v) is 7.35. The van der Waals surface area contributed by atoms with Crippen LogP contribution in [-0.4, -0.2) is 6.61 Å². The zero-order valence-corrected chi connectivity index (χ0v) is 11.4. The molecule has 0 saturated heterocycles. The lowest BCUT2D eigenvalue weighted by Crippen LogP contribution is -1.96. The van der Waals surface area contributed by atoms with E-state index in [0.29, 0.717) is 0 Å². The van der Waals surface area contributed by atoms with Crippen molar-refractivity contribution in [2.45, 2.75) is 58.3 Å². The molecule has 2 heteroatoms. The van der Waals surface area contributed by atoms with Gasteiger partial charge in [-0.1, -0.05) is 57.9 Å². The Hall–Kier alpha value is -1.18. The van der Waals surface area contributed by atoms with E-state index in [4.69, 9.17) is 9.47 Å². The lowest BCUT2D eigenvalue weighted by molar-refractivity contribution is 0.301. The highest BCUT2D eigenvalue weighted by Crippen LogP contribution is 2.52. The van der Waals surface area contributed by atoms with Crippen LogP contribution in [0.2, 0.25) is 0 Å². The molecule has 0 radical (unpaired) electrons. The smallest absolute Gasteiger partial charge is 0.211 e. The van der Waals surface area contributed by atoms with Gasteiger partial charge in [-0.05, 0) is 18.6 Å². The van der Waals surface area contributed by atoms with Crippen molar-refractivity contribution in [1.82, 2.24) is 0 Å². The van der Waals surface area contributed by atoms with Gasteiger partial charge in [-0.2, -0.15) is 0 Å². The molecule has 0 saturated carbocycles.